The Hall–Kier alpha value is -0.950. The third kappa shape index (κ3) is 4.79. The molecule has 0 spiro atoms. The van der Waals surface area contributed by atoms with Crippen LogP contribution in [0, 0.1) is 19.8 Å². The number of hydrogen-bond donors (Lipinski definition) is 1. The average Bonchev–Trinajstić information content (AvgIpc) is 2.48. The molecule has 2 rings (SSSR count). The lowest BCUT2D eigenvalue weighted by atomic mass is 10.0. The van der Waals surface area contributed by atoms with Crippen LogP contribution in [0.15, 0.2) is 23.1 Å². The molecule has 0 amide bonds. The van der Waals surface area contributed by atoms with Crippen LogP contribution in [-0.4, -0.2) is 64.0 Å². The zero-order valence-corrected chi connectivity index (χ0v) is 16.4. The highest BCUT2D eigenvalue weighted by Crippen LogP contribution is 2.18. The lowest BCUT2D eigenvalue weighted by Crippen LogP contribution is -2.54. The molecule has 1 saturated heterocycles. The summed E-state index contributed by atoms with van der Waals surface area (Å²) in [6, 6.07) is 5.68. The molecule has 0 aromatic heterocycles. The van der Waals surface area contributed by atoms with E-state index in [9.17, 15) is 8.42 Å². The minimum atomic E-state index is -3.47. The van der Waals surface area contributed by atoms with E-state index in [2.05, 4.69) is 35.4 Å². The van der Waals surface area contributed by atoms with Gasteiger partial charge in [0, 0.05) is 38.8 Å². The van der Waals surface area contributed by atoms with Gasteiger partial charge >= 0.3 is 0 Å². The first-order chi connectivity index (χ1) is 11.2. The molecular formula is C18H31N3O2S. The van der Waals surface area contributed by atoms with Crippen molar-refractivity contribution < 1.29 is 8.42 Å². The molecule has 1 heterocycles. The molecule has 0 aliphatic carbocycles. The molecule has 1 aromatic carbocycles. The van der Waals surface area contributed by atoms with Crippen LogP contribution >= 0.6 is 0 Å². The Balaban J connectivity index is 2.08. The Labute approximate surface area is 147 Å². The summed E-state index contributed by atoms with van der Waals surface area (Å²) >= 11 is 0. The third-order valence-electron chi connectivity index (χ3n) is 4.88. The van der Waals surface area contributed by atoms with Crippen molar-refractivity contribution in [3.8, 4) is 0 Å². The van der Waals surface area contributed by atoms with Crippen LogP contribution in [0.4, 0.5) is 0 Å². The fourth-order valence-corrected chi connectivity index (χ4v) is 4.59. The van der Waals surface area contributed by atoms with E-state index in [1.165, 1.54) is 0 Å². The lowest BCUT2D eigenvalue weighted by molar-refractivity contribution is 0.0905. The van der Waals surface area contributed by atoms with Gasteiger partial charge in [-0.05, 0) is 38.4 Å². The fraction of sp³-hybridized carbons (Fsp3) is 0.667. The summed E-state index contributed by atoms with van der Waals surface area (Å²) in [5.74, 6) is 0.398. The van der Waals surface area contributed by atoms with Gasteiger partial charge in [0.2, 0.25) is 10.0 Å². The summed E-state index contributed by atoms with van der Waals surface area (Å²) in [5, 5.41) is 0. The first-order valence-corrected chi connectivity index (χ1v) is 10.2. The topological polar surface area (TPSA) is 52.7 Å². The highest BCUT2D eigenvalue weighted by atomic mass is 32.2. The van der Waals surface area contributed by atoms with Crippen molar-refractivity contribution in [3.63, 3.8) is 0 Å². The number of rotatable bonds is 6. The van der Waals surface area contributed by atoms with Crippen LogP contribution in [0.25, 0.3) is 0 Å². The highest BCUT2D eigenvalue weighted by molar-refractivity contribution is 7.89. The van der Waals surface area contributed by atoms with E-state index in [1.54, 1.807) is 6.07 Å². The fourth-order valence-electron chi connectivity index (χ4n) is 3.31. The maximum Gasteiger partial charge on any atom is 0.240 e. The quantitative estimate of drug-likeness (QED) is 0.848. The van der Waals surface area contributed by atoms with Crippen LogP contribution in [-0.2, 0) is 10.0 Å². The second-order valence-electron chi connectivity index (χ2n) is 7.27. The first kappa shape index (κ1) is 19.4. The first-order valence-electron chi connectivity index (χ1n) is 8.70. The molecule has 1 aromatic rings. The average molecular weight is 354 g/mol. The molecule has 1 aliphatic rings. The summed E-state index contributed by atoms with van der Waals surface area (Å²) in [6.07, 6.45) is 0. The Morgan fingerprint density at radius 1 is 1.12 bits per heavy atom. The zero-order valence-electron chi connectivity index (χ0n) is 15.5. The van der Waals surface area contributed by atoms with E-state index < -0.39 is 10.0 Å². The number of nitrogens with one attached hydrogen (secondary N) is 1. The maximum atomic E-state index is 12.7. The van der Waals surface area contributed by atoms with Crippen LogP contribution in [0.5, 0.6) is 0 Å². The molecule has 0 radical (unpaired) electrons. The van der Waals surface area contributed by atoms with Crippen molar-refractivity contribution in [1.29, 1.82) is 0 Å². The summed E-state index contributed by atoms with van der Waals surface area (Å²) in [5.41, 5.74) is 1.87. The van der Waals surface area contributed by atoms with Gasteiger partial charge in [-0.15, -0.1) is 0 Å². The maximum absolute atomic E-state index is 12.7. The molecule has 136 valence electrons. The SMILES string of the molecule is Cc1ccc(S(=O)(=O)NCC(C(C)C)N2CCN(C)CC2)c(C)c1. The number of likely N-dealkylation sites (N-methyl/N-ethyl adjacent to an activating group) is 1. The van der Waals surface area contributed by atoms with Gasteiger partial charge in [-0.2, -0.15) is 0 Å². The van der Waals surface area contributed by atoms with E-state index in [0.717, 1.165) is 37.3 Å². The Bertz CT molecular complexity index is 650. The van der Waals surface area contributed by atoms with Gasteiger partial charge in [0.15, 0.2) is 0 Å². The van der Waals surface area contributed by atoms with Crippen molar-refractivity contribution in [3.05, 3.63) is 29.3 Å². The molecule has 6 heteroatoms. The van der Waals surface area contributed by atoms with E-state index in [1.807, 2.05) is 26.0 Å². The summed E-state index contributed by atoms with van der Waals surface area (Å²) < 4.78 is 28.2. The minimum Gasteiger partial charge on any atom is -0.304 e. The van der Waals surface area contributed by atoms with E-state index in [-0.39, 0.29) is 6.04 Å². The largest absolute Gasteiger partial charge is 0.304 e. The number of nitrogens with zero attached hydrogens (tertiary/aromatic N) is 2. The van der Waals surface area contributed by atoms with Crippen LogP contribution in [0.1, 0.15) is 25.0 Å². The minimum absolute atomic E-state index is 0.222. The normalized spacial score (nSPS) is 18.9. The third-order valence-corrected chi connectivity index (χ3v) is 6.46. The van der Waals surface area contributed by atoms with Crippen molar-refractivity contribution in [1.82, 2.24) is 14.5 Å². The number of piperazine rings is 1. The van der Waals surface area contributed by atoms with Crippen LogP contribution < -0.4 is 4.72 Å². The number of benzene rings is 1. The number of hydrogen-bond acceptors (Lipinski definition) is 4. The smallest absolute Gasteiger partial charge is 0.240 e. The molecule has 1 N–H and O–H groups in total. The van der Waals surface area contributed by atoms with Gasteiger partial charge in [-0.3, -0.25) is 4.90 Å². The van der Waals surface area contributed by atoms with Gasteiger partial charge in [0.25, 0.3) is 0 Å². The molecule has 0 bridgehead atoms. The van der Waals surface area contributed by atoms with E-state index in [0.29, 0.717) is 17.4 Å². The number of sulfonamides is 1. The molecule has 1 atom stereocenters. The van der Waals surface area contributed by atoms with Crippen molar-refractivity contribution >= 4 is 10.0 Å². The Morgan fingerprint density at radius 3 is 2.29 bits per heavy atom. The highest BCUT2D eigenvalue weighted by Gasteiger charge is 2.27. The molecular weight excluding hydrogens is 322 g/mol. The summed E-state index contributed by atoms with van der Waals surface area (Å²) in [6.45, 7) is 12.6. The molecule has 1 aliphatic heterocycles. The molecule has 1 unspecified atom stereocenters. The molecule has 5 nitrogen and oxygen atoms in total. The zero-order chi connectivity index (χ0) is 17.9. The summed E-state index contributed by atoms with van der Waals surface area (Å²) in [4.78, 5) is 5.11. The van der Waals surface area contributed by atoms with Gasteiger partial charge in [-0.25, -0.2) is 13.1 Å². The van der Waals surface area contributed by atoms with Crippen molar-refractivity contribution in [2.75, 3.05) is 39.8 Å². The van der Waals surface area contributed by atoms with E-state index >= 15 is 0 Å². The van der Waals surface area contributed by atoms with Gasteiger partial charge in [-0.1, -0.05) is 31.5 Å². The van der Waals surface area contributed by atoms with Crippen LogP contribution in [0.2, 0.25) is 0 Å². The predicted molar refractivity (Wildman–Crippen MR) is 98.8 cm³/mol. The molecule has 1 fully saturated rings. The molecule has 24 heavy (non-hydrogen) atoms. The monoisotopic (exact) mass is 353 g/mol. The Kier molecular flexibility index (Phi) is 6.42. The second kappa shape index (κ2) is 7.95. The molecule has 0 saturated carbocycles. The van der Waals surface area contributed by atoms with E-state index in [4.69, 9.17) is 0 Å². The number of aryl methyl sites for hydroxylation is 2. The second-order valence-corrected chi connectivity index (χ2v) is 9.01. The van der Waals surface area contributed by atoms with Gasteiger partial charge in [0.05, 0.1) is 4.90 Å². The lowest BCUT2D eigenvalue weighted by Gasteiger charge is -2.39. The van der Waals surface area contributed by atoms with Crippen molar-refractivity contribution in [2.45, 2.75) is 38.6 Å². The van der Waals surface area contributed by atoms with Crippen LogP contribution in [0.3, 0.4) is 0 Å². The van der Waals surface area contributed by atoms with Gasteiger partial charge in [0.1, 0.15) is 0 Å². The van der Waals surface area contributed by atoms with Gasteiger partial charge < -0.3 is 4.90 Å². The predicted octanol–water partition coefficient (Wildman–Crippen LogP) is 1.85. The van der Waals surface area contributed by atoms with Crippen molar-refractivity contribution in [2.24, 2.45) is 5.92 Å². The Morgan fingerprint density at radius 2 is 1.75 bits per heavy atom. The standard InChI is InChI=1S/C18H31N3O2S/c1-14(2)17(21-10-8-20(5)9-11-21)13-19-24(22,23)18-7-6-15(3)12-16(18)4/h6-7,12,14,17,19H,8-11,13H2,1-5H3. The summed E-state index contributed by atoms with van der Waals surface area (Å²) in [7, 11) is -1.34.